The summed E-state index contributed by atoms with van der Waals surface area (Å²) in [5.41, 5.74) is 0.324. The number of benzene rings is 1. The number of hydrogen-bond acceptors (Lipinski definition) is 4. The molecule has 5 nitrogen and oxygen atoms in total. The number of aromatic nitrogens is 1. The number of nitrogens with zero attached hydrogens (tertiary/aromatic N) is 2. The van der Waals surface area contributed by atoms with Crippen LogP contribution in [0, 0.1) is 24.1 Å². The van der Waals surface area contributed by atoms with Crippen molar-refractivity contribution in [1.29, 1.82) is 5.26 Å². The van der Waals surface area contributed by atoms with Crippen LogP contribution in [0.3, 0.4) is 0 Å². The van der Waals surface area contributed by atoms with Crippen molar-refractivity contribution >= 4 is 11.9 Å². The summed E-state index contributed by atoms with van der Waals surface area (Å²) >= 11 is 0. The lowest BCUT2D eigenvalue weighted by Gasteiger charge is -2.04. The Balaban J connectivity index is 2.46. The number of nitrogens with one attached hydrogen (secondary N) is 1. The van der Waals surface area contributed by atoms with Gasteiger partial charge in [0.25, 0.3) is 5.56 Å². The zero-order valence-electron chi connectivity index (χ0n) is 10.5. The first kappa shape index (κ1) is 13.5. The predicted octanol–water partition coefficient (Wildman–Crippen LogP) is 2.15. The van der Waals surface area contributed by atoms with E-state index in [1.165, 1.54) is 30.5 Å². The van der Waals surface area contributed by atoms with Crippen molar-refractivity contribution in [1.82, 2.24) is 4.98 Å². The first-order valence-corrected chi connectivity index (χ1v) is 5.68. The summed E-state index contributed by atoms with van der Waals surface area (Å²) in [6, 6.07) is 7.22. The zero-order valence-corrected chi connectivity index (χ0v) is 10.5. The Hall–Kier alpha value is -2.94. The number of hydrogen-bond donors (Lipinski definition) is 2. The van der Waals surface area contributed by atoms with E-state index in [9.17, 15) is 14.3 Å². The molecule has 0 saturated carbocycles. The van der Waals surface area contributed by atoms with Gasteiger partial charge in [-0.1, -0.05) is 0 Å². The predicted molar refractivity (Wildman–Crippen MR) is 71.8 cm³/mol. The summed E-state index contributed by atoms with van der Waals surface area (Å²) in [7, 11) is 0. The van der Waals surface area contributed by atoms with Crippen molar-refractivity contribution in [2.75, 3.05) is 0 Å². The van der Waals surface area contributed by atoms with Gasteiger partial charge in [0.05, 0.1) is 11.3 Å². The summed E-state index contributed by atoms with van der Waals surface area (Å²) < 4.78 is 12.8. The van der Waals surface area contributed by atoms with Gasteiger partial charge in [-0.05, 0) is 36.8 Å². The summed E-state index contributed by atoms with van der Waals surface area (Å²) in [4.78, 5) is 17.7. The van der Waals surface area contributed by atoms with E-state index in [1.54, 1.807) is 13.0 Å². The second kappa shape index (κ2) is 5.36. The highest BCUT2D eigenvalue weighted by atomic mass is 19.1. The lowest BCUT2D eigenvalue weighted by molar-refractivity contribution is 0.450. The summed E-state index contributed by atoms with van der Waals surface area (Å²) in [6.07, 6.45) is 1.31. The van der Waals surface area contributed by atoms with E-state index in [0.717, 1.165) is 0 Å². The number of pyridine rings is 1. The molecule has 6 heteroatoms. The topological polar surface area (TPSA) is 89.2 Å². The van der Waals surface area contributed by atoms with Crippen LogP contribution in [-0.2, 0) is 0 Å². The summed E-state index contributed by atoms with van der Waals surface area (Å²) in [6.45, 7) is 1.54. The monoisotopic (exact) mass is 271 g/mol. The van der Waals surface area contributed by atoms with E-state index < -0.39 is 5.56 Å². The summed E-state index contributed by atoms with van der Waals surface area (Å²) in [5, 5.41) is 18.6. The largest absolute Gasteiger partial charge is 0.494 e. The Labute approximate surface area is 113 Å². The van der Waals surface area contributed by atoms with Crippen LogP contribution in [0.4, 0.5) is 10.1 Å². The molecule has 0 saturated heterocycles. The van der Waals surface area contributed by atoms with Gasteiger partial charge in [0.1, 0.15) is 17.4 Å². The zero-order chi connectivity index (χ0) is 14.7. The molecule has 0 bridgehead atoms. The maximum atomic E-state index is 12.8. The second-order valence-corrected chi connectivity index (χ2v) is 4.06. The van der Waals surface area contributed by atoms with E-state index in [0.29, 0.717) is 11.3 Å². The van der Waals surface area contributed by atoms with Crippen LogP contribution < -0.4 is 5.56 Å². The standard InChI is InChI=1S/C14H10FN3O2/c1-8-11(6-16)13(19)18-14(20)12(8)7-17-10-4-2-9(15)3-5-10/h2-5,7H,1H3,(H2,18,19,20). The van der Waals surface area contributed by atoms with Gasteiger partial charge in [-0.25, -0.2) is 4.39 Å². The van der Waals surface area contributed by atoms with Crippen molar-refractivity contribution in [3.05, 3.63) is 57.1 Å². The molecule has 1 aromatic carbocycles. The van der Waals surface area contributed by atoms with Gasteiger partial charge in [0.15, 0.2) is 0 Å². The normalized spacial score (nSPS) is 10.7. The van der Waals surface area contributed by atoms with Crippen LogP contribution in [-0.4, -0.2) is 16.3 Å². The second-order valence-electron chi connectivity index (χ2n) is 4.06. The number of aromatic hydroxyl groups is 1. The number of aromatic amines is 1. The maximum Gasteiger partial charge on any atom is 0.268 e. The third-order valence-electron chi connectivity index (χ3n) is 2.77. The minimum absolute atomic E-state index is 0.0802. The van der Waals surface area contributed by atoms with Crippen LogP contribution >= 0.6 is 0 Å². The Kier molecular flexibility index (Phi) is 3.62. The highest BCUT2D eigenvalue weighted by Crippen LogP contribution is 2.18. The van der Waals surface area contributed by atoms with Crippen molar-refractivity contribution in [3.63, 3.8) is 0 Å². The molecular formula is C14H10FN3O2. The van der Waals surface area contributed by atoms with Crippen LogP contribution in [0.1, 0.15) is 16.7 Å². The molecule has 2 aromatic rings. The molecule has 0 fully saturated rings. The first-order chi connectivity index (χ1) is 9.52. The van der Waals surface area contributed by atoms with Crippen molar-refractivity contribution in [2.45, 2.75) is 6.92 Å². The smallest absolute Gasteiger partial charge is 0.268 e. The Morgan fingerprint density at radius 1 is 1.40 bits per heavy atom. The highest BCUT2D eigenvalue weighted by Gasteiger charge is 2.12. The van der Waals surface area contributed by atoms with Gasteiger partial charge >= 0.3 is 0 Å². The SMILES string of the molecule is Cc1c(C=Nc2ccc(F)cc2)c(O)[nH]c(=O)c1C#N. The minimum atomic E-state index is -0.651. The third-order valence-corrected chi connectivity index (χ3v) is 2.77. The number of halogens is 1. The molecular weight excluding hydrogens is 261 g/mol. The average molecular weight is 271 g/mol. The molecule has 2 N–H and O–H groups in total. The molecule has 100 valence electrons. The molecule has 1 heterocycles. The molecule has 0 aliphatic rings. The highest BCUT2D eigenvalue weighted by molar-refractivity contribution is 5.87. The maximum absolute atomic E-state index is 12.8. The molecule has 0 amide bonds. The molecule has 0 atom stereocenters. The van der Waals surface area contributed by atoms with E-state index >= 15 is 0 Å². The lowest BCUT2D eigenvalue weighted by Crippen LogP contribution is -2.14. The fourth-order valence-electron chi connectivity index (χ4n) is 1.68. The van der Waals surface area contributed by atoms with Gasteiger partial charge in [-0.15, -0.1) is 0 Å². The molecule has 2 rings (SSSR count). The Bertz CT molecular complexity index is 771. The van der Waals surface area contributed by atoms with Gasteiger partial charge in [-0.2, -0.15) is 5.26 Å². The summed E-state index contributed by atoms with van der Waals surface area (Å²) in [5.74, 6) is -0.740. The van der Waals surface area contributed by atoms with Gasteiger partial charge in [0, 0.05) is 6.21 Å². The fourth-order valence-corrected chi connectivity index (χ4v) is 1.68. The van der Waals surface area contributed by atoms with Gasteiger partial charge in [0.2, 0.25) is 5.88 Å². The molecule has 0 aliphatic carbocycles. The quantitative estimate of drug-likeness (QED) is 0.820. The van der Waals surface area contributed by atoms with E-state index in [2.05, 4.69) is 9.98 Å². The number of aliphatic imine (C=N–C) groups is 1. The van der Waals surface area contributed by atoms with Crippen LogP contribution in [0.2, 0.25) is 0 Å². The third kappa shape index (κ3) is 2.57. The minimum Gasteiger partial charge on any atom is -0.494 e. The molecule has 0 radical (unpaired) electrons. The lowest BCUT2D eigenvalue weighted by atomic mass is 10.1. The molecule has 1 aromatic heterocycles. The Morgan fingerprint density at radius 2 is 2.05 bits per heavy atom. The van der Waals surface area contributed by atoms with E-state index in [1.807, 2.05) is 0 Å². The molecule has 0 aliphatic heterocycles. The molecule has 0 spiro atoms. The fraction of sp³-hybridized carbons (Fsp3) is 0.0714. The number of rotatable bonds is 2. The Morgan fingerprint density at radius 3 is 2.65 bits per heavy atom. The number of nitriles is 1. The molecule has 0 unspecified atom stereocenters. The number of H-pyrrole nitrogens is 1. The first-order valence-electron chi connectivity index (χ1n) is 5.68. The van der Waals surface area contributed by atoms with Gasteiger partial charge in [-0.3, -0.25) is 14.8 Å². The van der Waals surface area contributed by atoms with Gasteiger partial charge < -0.3 is 5.11 Å². The van der Waals surface area contributed by atoms with Crippen LogP contribution in [0.15, 0.2) is 34.1 Å². The van der Waals surface area contributed by atoms with E-state index in [4.69, 9.17) is 5.26 Å². The molecule has 20 heavy (non-hydrogen) atoms. The van der Waals surface area contributed by atoms with Crippen molar-refractivity contribution in [2.24, 2.45) is 4.99 Å². The van der Waals surface area contributed by atoms with Crippen molar-refractivity contribution in [3.8, 4) is 11.9 Å². The van der Waals surface area contributed by atoms with Crippen LogP contribution in [0.25, 0.3) is 0 Å². The van der Waals surface area contributed by atoms with Crippen molar-refractivity contribution < 1.29 is 9.50 Å². The van der Waals surface area contributed by atoms with Crippen LogP contribution in [0.5, 0.6) is 5.88 Å². The average Bonchev–Trinajstić information content (AvgIpc) is 2.40. The van der Waals surface area contributed by atoms with E-state index in [-0.39, 0.29) is 22.8 Å².